The number of benzene rings is 1. The lowest BCUT2D eigenvalue weighted by Crippen LogP contribution is -2.14. The summed E-state index contributed by atoms with van der Waals surface area (Å²) in [6.45, 7) is 0. The van der Waals surface area contributed by atoms with Crippen LogP contribution in [0.4, 0.5) is 5.69 Å². The van der Waals surface area contributed by atoms with Crippen LogP contribution in [0.1, 0.15) is 19.3 Å². The van der Waals surface area contributed by atoms with Crippen molar-refractivity contribution in [2.75, 3.05) is 5.32 Å². The largest absolute Gasteiger partial charge is 0.437 e. The first kappa shape index (κ1) is 14.3. The molecule has 112 valence electrons. The Morgan fingerprint density at radius 3 is 3.09 bits per heavy atom. The number of rotatable bonds is 5. The van der Waals surface area contributed by atoms with Crippen molar-refractivity contribution in [3.63, 3.8) is 0 Å². The van der Waals surface area contributed by atoms with Crippen molar-refractivity contribution in [1.29, 1.82) is 0 Å². The van der Waals surface area contributed by atoms with Crippen LogP contribution in [0.2, 0.25) is 0 Å². The standard InChI is InChI=1S/C17H17N3O2/c21-16(10-13-4-1-2-5-13)20-14-6-3-7-15(11-14)22-17-12-18-8-9-19-17/h1,3-4,6-9,11-13H,2,5,10H2,(H,20,21). The molecule has 0 saturated heterocycles. The lowest BCUT2D eigenvalue weighted by Gasteiger charge is -2.10. The monoisotopic (exact) mass is 295 g/mol. The summed E-state index contributed by atoms with van der Waals surface area (Å²) in [5.41, 5.74) is 0.716. The van der Waals surface area contributed by atoms with E-state index in [9.17, 15) is 4.79 Å². The van der Waals surface area contributed by atoms with E-state index in [-0.39, 0.29) is 5.91 Å². The highest BCUT2D eigenvalue weighted by Gasteiger charge is 2.14. The second kappa shape index (κ2) is 6.85. The summed E-state index contributed by atoms with van der Waals surface area (Å²) in [4.78, 5) is 20.0. The van der Waals surface area contributed by atoms with Gasteiger partial charge in [-0.25, -0.2) is 4.98 Å². The minimum absolute atomic E-state index is 0.0215. The van der Waals surface area contributed by atoms with Gasteiger partial charge in [0.2, 0.25) is 11.8 Å². The Hall–Kier alpha value is -2.69. The van der Waals surface area contributed by atoms with E-state index < -0.39 is 0 Å². The van der Waals surface area contributed by atoms with Gasteiger partial charge in [-0.2, -0.15) is 0 Å². The predicted octanol–water partition coefficient (Wildman–Crippen LogP) is 3.56. The maximum Gasteiger partial charge on any atom is 0.237 e. The van der Waals surface area contributed by atoms with Gasteiger partial charge in [0.15, 0.2) is 0 Å². The van der Waals surface area contributed by atoms with Crippen molar-refractivity contribution in [1.82, 2.24) is 9.97 Å². The Morgan fingerprint density at radius 2 is 2.32 bits per heavy atom. The molecule has 0 radical (unpaired) electrons. The first-order valence-corrected chi connectivity index (χ1v) is 7.30. The van der Waals surface area contributed by atoms with Gasteiger partial charge in [0, 0.05) is 30.6 Å². The Labute approximate surface area is 129 Å². The Kier molecular flexibility index (Phi) is 4.44. The van der Waals surface area contributed by atoms with Crippen molar-refractivity contribution in [3.05, 3.63) is 55.0 Å². The zero-order valence-electron chi connectivity index (χ0n) is 12.1. The maximum atomic E-state index is 12.0. The number of ether oxygens (including phenoxy) is 1. The smallest absolute Gasteiger partial charge is 0.237 e. The summed E-state index contributed by atoms with van der Waals surface area (Å²) in [7, 11) is 0. The summed E-state index contributed by atoms with van der Waals surface area (Å²) < 4.78 is 5.60. The molecule has 0 aliphatic heterocycles. The van der Waals surface area contributed by atoms with E-state index in [1.54, 1.807) is 18.5 Å². The number of hydrogen-bond acceptors (Lipinski definition) is 4. The molecule has 0 spiro atoms. The molecule has 5 nitrogen and oxygen atoms in total. The minimum atomic E-state index is 0.0215. The Balaban J connectivity index is 1.61. The zero-order chi connectivity index (χ0) is 15.2. The number of nitrogens with one attached hydrogen (secondary N) is 1. The third kappa shape index (κ3) is 3.91. The van der Waals surface area contributed by atoms with E-state index in [0.29, 0.717) is 29.7 Å². The number of hydrogen-bond donors (Lipinski definition) is 1. The molecule has 1 amide bonds. The van der Waals surface area contributed by atoms with E-state index in [2.05, 4.69) is 27.4 Å². The fourth-order valence-corrected chi connectivity index (χ4v) is 2.41. The Morgan fingerprint density at radius 1 is 1.36 bits per heavy atom. The molecule has 1 unspecified atom stereocenters. The van der Waals surface area contributed by atoms with Crippen LogP contribution in [0.5, 0.6) is 11.6 Å². The van der Waals surface area contributed by atoms with Gasteiger partial charge in [0.1, 0.15) is 5.75 Å². The van der Waals surface area contributed by atoms with Gasteiger partial charge in [0.25, 0.3) is 0 Å². The highest BCUT2D eigenvalue weighted by atomic mass is 16.5. The highest BCUT2D eigenvalue weighted by molar-refractivity contribution is 5.91. The number of carbonyl (C=O) groups is 1. The minimum Gasteiger partial charge on any atom is -0.437 e. The van der Waals surface area contributed by atoms with Crippen molar-refractivity contribution in [2.45, 2.75) is 19.3 Å². The number of anilines is 1. The van der Waals surface area contributed by atoms with Crippen LogP contribution in [0.15, 0.2) is 55.0 Å². The average Bonchev–Trinajstić information content (AvgIpc) is 3.01. The van der Waals surface area contributed by atoms with Gasteiger partial charge in [-0.1, -0.05) is 18.2 Å². The molecule has 0 fully saturated rings. The molecule has 1 aromatic carbocycles. The number of allylic oxidation sites excluding steroid dienone is 2. The summed E-state index contributed by atoms with van der Waals surface area (Å²) in [5, 5.41) is 2.91. The molecule has 1 atom stereocenters. The van der Waals surface area contributed by atoms with E-state index in [0.717, 1.165) is 12.8 Å². The lowest BCUT2D eigenvalue weighted by molar-refractivity contribution is -0.116. The first-order valence-electron chi connectivity index (χ1n) is 7.30. The predicted molar refractivity (Wildman–Crippen MR) is 83.7 cm³/mol. The van der Waals surface area contributed by atoms with Gasteiger partial charge in [-0.15, -0.1) is 0 Å². The third-order valence-corrected chi connectivity index (χ3v) is 3.44. The van der Waals surface area contributed by atoms with Crippen LogP contribution in [-0.2, 0) is 4.79 Å². The van der Waals surface area contributed by atoms with E-state index in [4.69, 9.17) is 4.74 Å². The third-order valence-electron chi connectivity index (χ3n) is 3.44. The number of amides is 1. The quantitative estimate of drug-likeness (QED) is 0.857. The molecule has 5 heteroatoms. The SMILES string of the molecule is O=C(CC1C=CCC1)Nc1cccc(Oc2cnccn2)c1. The zero-order valence-corrected chi connectivity index (χ0v) is 12.1. The van der Waals surface area contributed by atoms with Gasteiger partial charge >= 0.3 is 0 Å². The van der Waals surface area contributed by atoms with Crippen LogP contribution in [-0.4, -0.2) is 15.9 Å². The molecule has 22 heavy (non-hydrogen) atoms. The van der Waals surface area contributed by atoms with Gasteiger partial charge in [-0.05, 0) is 30.9 Å². The van der Waals surface area contributed by atoms with Crippen LogP contribution in [0, 0.1) is 5.92 Å². The van der Waals surface area contributed by atoms with Crippen LogP contribution >= 0.6 is 0 Å². The fourth-order valence-electron chi connectivity index (χ4n) is 2.41. The van der Waals surface area contributed by atoms with Crippen LogP contribution < -0.4 is 10.1 Å². The van der Waals surface area contributed by atoms with Gasteiger partial charge in [-0.3, -0.25) is 9.78 Å². The molecule has 2 aromatic rings. The van der Waals surface area contributed by atoms with Crippen LogP contribution in [0.3, 0.4) is 0 Å². The molecule has 0 bridgehead atoms. The molecule has 0 saturated carbocycles. The topological polar surface area (TPSA) is 64.1 Å². The van der Waals surface area contributed by atoms with E-state index in [1.807, 2.05) is 18.2 Å². The lowest BCUT2D eigenvalue weighted by atomic mass is 10.1. The summed E-state index contributed by atoms with van der Waals surface area (Å²) in [5.74, 6) is 1.41. The molecular weight excluding hydrogens is 278 g/mol. The molecule has 1 heterocycles. The van der Waals surface area contributed by atoms with Crippen molar-refractivity contribution in [2.24, 2.45) is 5.92 Å². The second-order valence-electron chi connectivity index (χ2n) is 5.19. The molecule has 1 aliphatic carbocycles. The Bertz CT molecular complexity index is 671. The molecular formula is C17H17N3O2. The summed E-state index contributed by atoms with van der Waals surface area (Å²) in [6, 6.07) is 7.25. The fraction of sp³-hybridized carbons (Fsp3) is 0.235. The van der Waals surface area contributed by atoms with Gasteiger partial charge in [0.05, 0.1) is 6.20 Å². The van der Waals surface area contributed by atoms with E-state index in [1.165, 1.54) is 6.20 Å². The molecule has 1 aromatic heterocycles. The maximum absolute atomic E-state index is 12.0. The highest BCUT2D eigenvalue weighted by Crippen LogP contribution is 2.24. The second-order valence-corrected chi connectivity index (χ2v) is 5.19. The first-order chi connectivity index (χ1) is 10.8. The van der Waals surface area contributed by atoms with Gasteiger partial charge < -0.3 is 10.1 Å². The number of nitrogens with zero attached hydrogens (tertiary/aromatic N) is 2. The van der Waals surface area contributed by atoms with Crippen LogP contribution in [0.25, 0.3) is 0 Å². The molecule has 1 aliphatic rings. The number of aromatic nitrogens is 2. The van der Waals surface area contributed by atoms with Crippen molar-refractivity contribution >= 4 is 11.6 Å². The van der Waals surface area contributed by atoms with E-state index >= 15 is 0 Å². The molecule has 1 N–H and O–H groups in total. The van der Waals surface area contributed by atoms with Crippen molar-refractivity contribution in [3.8, 4) is 11.6 Å². The normalized spacial score (nSPS) is 16.5. The molecule has 3 rings (SSSR count). The summed E-state index contributed by atoms with van der Waals surface area (Å²) >= 11 is 0. The van der Waals surface area contributed by atoms with Crippen molar-refractivity contribution < 1.29 is 9.53 Å². The number of carbonyl (C=O) groups excluding carboxylic acids is 1. The summed E-state index contributed by atoms with van der Waals surface area (Å²) in [6.07, 6.45) is 11.6. The average molecular weight is 295 g/mol.